The van der Waals surface area contributed by atoms with Gasteiger partial charge in [-0.2, -0.15) is 0 Å². The summed E-state index contributed by atoms with van der Waals surface area (Å²) in [5, 5.41) is 22.4. The number of nitrogens with one attached hydrogen (secondary N) is 1. The van der Waals surface area contributed by atoms with Gasteiger partial charge in [0, 0.05) is 16.6 Å². The number of aryl methyl sites for hydroxylation is 2. The van der Waals surface area contributed by atoms with Crippen LogP contribution in [0.2, 0.25) is 0 Å². The molecule has 0 radical (unpaired) electrons. The van der Waals surface area contributed by atoms with Gasteiger partial charge in [0.1, 0.15) is 0 Å². The van der Waals surface area contributed by atoms with Gasteiger partial charge in [-0.3, -0.25) is 4.79 Å². The van der Waals surface area contributed by atoms with E-state index in [-0.39, 0.29) is 18.1 Å². The number of aliphatic hydroxyl groups is 1. The number of para-hydroxylation sites is 1. The summed E-state index contributed by atoms with van der Waals surface area (Å²) in [6.07, 6.45) is 0. The Balaban J connectivity index is 1.80. The predicted molar refractivity (Wildman–Crippen MR) is 124 cm³/mol. The molecule has 3 aromatic carbocycles. The van der Waals surface area contributed by atoms with Gasteiger partial charge in [-0.1, -0.05) is 36.4 Å². The molecule has 3 N–H and O–H groups in total. The van der Waals surface area contributed by atoms with E-state index in [0.717, 1.165) is 11.1 Å². The number of aliphatic hydroxyl groups excluding tert-OH is 1. The van der Waals surface area contributed by atoms with Crippen molar-refractivity contribution in [2.24, 2.45) is 0 Å². The van der Waals surface area contributed by atoms with E-state index in [1.807, 2.05) is 48.5 Å². The van der Waals surface area contributed by atoms with Crippen molar-refractivity contribution in [3.05, 3.63) is 94.5 Å². The zero-order chi connectivity index (χ0) is 22.8. The van der Waals surface area contributed by atoms with Crippen molar-refractivity contribution in [3.63, 3.8) is 0 Å². The van der Waals surface area contributed by atoms with Crippen LogP contribution < -0.4 is 5.32 Å². The van der Waals surface area contributed by atoms with E-state index in [1.165, 1.54) is 0 Å². The molecule has 0 saturated carbocycles. The van der Waals surface area contributed by atoms with Crippen molar-refractivity contribution in [1.29, 1.82) is 0 Å². The highest BCUT2D eigenvalue weighted by molar-refractivity contribution is 6.13. The van der Waals surface area contributed by atoms with Gasteiger partial charge in [0.2, 0.25) is 0 Å². The number of pyridine rings is 1. The summed E-state index contributed by atoms with van der Waals surface area (Å²) in [7, 11) is 0. The van der Waals surface area contributed by atoms with Crippen molar-refractivity contribution in [2.75, 3.05) is 5.32 Å². The van der Waals surface area contributed by atoms with Crippen LogP contribution >= 0.6 is 0 Å². The first kappa shape index (κ1) is 21.2. The minimum Gasteiger partial charge on any atom is -0.478 e. The normalized spacial score (nSPS) is 10.8. The lowest BCUT2D eigenvalue weighted by Crippen LogP contribution is -2.15. The van der Waals surface area contributed by atoms with Crippen LogP contribution in [-0.2, 0) is 6.61 Å². The van der Waals surface area contributed by atoms with E-state index < -0.39 is 5.97 Å². The number of fused-ring (bicyclic) bond motifs is 1. The average Bonchev–Trinajstić information content (AvgIpc) is 2.80. The Morgan fingerprint density at radius 2 is 1.66 bits per heavy atom. The number of benzene rings is 3. The molecule has 0 unspecified atom stereocenters. The highest BCUT2D eigenvalue weighted by Gasteiger charge is 2.17. The first-order valence-corrected chi connectivity index (χ1v) is 10.1. The molecule has 4 aromatic rings. The van der Waals surface area contributed by atoms with Crippen molar-refractivity contribution >= 4 is 28.5 Å². The number of carbonyl (C=O) groups excluding carboxylic acids is 1. The van der Waals surface area contributed by atoms with E-state index in [2.05, 4.69) is 5.32 Å². The van der Waals surface area contributed by atoms with E-state index >= 15 is 0 Å². The fourth-order valence-corrected chi connectivity index (χ4v) is 3.81. The number of aromatic nitrogens is 1. The third-order valence-corrected chi connectivity index (χ3v) is 5.38. The minimum atomic E-state index is -1.01. The molecule has 1 heterocycles. The second-order valence-electron chi connectivity index (χ2n) is 7.68. The summed E-state index contributed by atoms with van der Waals surface area (Å²) in [6.45, 7) is 3.46. The van der Waals surface area contributed by atoms with Crippen LogP contribution in [0.15, 0.2) is 66.7 Å². The molecule has 0 fully saturated rings. The van der Waals surface area contributed by atoms with Crippen LogP contribution in [0.3, 0.4) is 0 Å². The molecular formula is C26H22N2O4. The van der Waals surface area contributed by atoms with Crippen LogP contribution in [0.25, 0.3) is 22.2 Å². The summed E-state index contributed by atoms with van der Waals surface area (Å²) < 4.78 is 0. The summed E-state index contributed by atoms with van der Waals surface area (Å²) in [6, 6.07) is 19.6. The molecule has 0 aliphatic heterocycles. The quantitative estimate of drug-likeness (QED) is 0.419. The fraction of sp³-hybridized carbons (Fsp3) is 0.115. The number of aromatic carboxylic acids is 1. The van der Waals surface area contributed by atoms with Crippen molar-refractivity contribution in [1.82, 2.24) is 4.98 Å². The number of rotatable bonds is 5. The van der Waals surface area contributed by atoms with Gasteiger partial charge < -0.3 is 15.5 Å². The SMILES string of the molecule is Cc1cc(C(=O)O)cc(C)c1NC(=O)c1cc(-c2cccc(CO)c2)nc2ccccc12. The first-order valence-electron chi connectivity index (χ1n) is 10.1. The summed E-state index contributed by atoms with van der Waals surface area (Å²) in [4.78, 5) is 29.4. The van der Waals surface area contributed by atoms with E-state index in [1.54, 1.807) is 32.0 Å². The Morgan fingerprint density at radius 1 is 0.938 bits per heavy atom. The van der Waals surface area contributed by atoms with E-state index in [4.69, 9.17) is 4.98 Å². The second kappa shape index (κ2) is 8.61. The molecule has 0 aliphatic carbocycles. The van der Waals surface area contributed by atoms with Gasteiger partial charge in [-0.15, -0.1) is 0 Å². The number of hydrogen-bond acceptors (Lipinski definition) is 4. The van der Waals surface area contributed by atoms with Gasteiger partial charge in [0.05, 0.1) is 28.9 Å². The van der Waals surface area contributed by atoms with E-state index in [0.29, 0.717) is 39.0 Å². The third kappa shape index (κ3) is 4.08. The Bertz CT molecular complexity index is 1340. The Hall–Kier alpha value is -4.03. The summed E-state index contributed by atoms with van der Waals surface area (Å²) in [5.74, 6) is -1.32. The monoisotopic (exact) mass is 426 g/mol. The smallest absolute Gasteiger partial charge is 0.335 e. The number of hydrogen-bond donors (Lipinski definition) is 3. The highest BCUT2D eigenvalue weighted by atomic mass is 16.4. The lowest BCUT2D eigenvalue weighted by Gasteiger charge is -2.15. The zero-order valence-electron chi connectivity index (χ0n) is 17.7. The predicted octanol–water partition coefficient (Wildman–Crippen LogP) is 4.96. The molecular weight excluding hydrogens is 404 g/mol. The van der Waals surface area contributed by atoms with Gasteiger partial charge in [-0.25, -0.2) is 9.78 Å². The van der Waals surface area contributed by atoms with Crippen molar-refractivity contribution < 1.29 is 19.8 Å². The molecule has 0 aliphatic rings. The highest BCUT2D eigenvalue weighted by Crippen LogP contribution is 2.28. The molecule has 1 amide bonds. The number of carboxylic acid groups (broad SMARTS) is 1. The van der Waals surface area contributed by atoms with Crippen LogP contribution in [0.5, 0.6) is 0 Å². The molecule has 0 saturated heterocycles. The molecule has 0 bridgehead atoms. The van der Waals surface area contributed by atoms with Crippen LogP contribution in [0.1, 0.15) is 37.4 Å². The Labute approximate surface area is 185 Å². The fourth-order valence-electron chi connectivity index (χ4n) is 3.81. The molecule has 6 nitrogen and oxygen atoms in total. The number of nitrogens with zero attached hydrogens (tertiary/aromatic N) is 1. The Morgan fingerprint density at radius 3 is 2.34 bits per heavy atom. The molecule has 160 valence electrons. The maximum Gasteiger partial charge on any atom is 0.335 e. The topological polar surface area (TPSA) is 99.5 Å². The van der Waals surface area contributed by atoms with Crippen molar-refractivity contribution in [3.8, 4) is 11.3 Å². The average molecular weight is 426 g/mol. The molecule has 0 atom stereocenters. The molecule has 1 aromatic heterocycles. The van der Waals surface area contributed by atoms with Gasteiger partial charge in [0.15, 0.2) is 0 Å². The van der Waals surface area contributed by atoms with Crippen molar-refractivity contribution in [2.45, 2.75) is 20.5 Å². The van der Waals surface area contributed by atoms with Gasteiger partial charge >= 0.3 is 5.97 Å². The van der Waals surface area contributed by atoms with Crippen LogP contribution in [0.4, 0.5) is 5.69 Å². The lowest BCUT2D eigenvalue weighted by molar-refractivity contribution is 0.0696. The summed E-state index contributed by atoms with van der Waals surface area (Å²) >= 11 is 0. The number of amides is 1. The first-order chi connectivity index (χ1) is 15.4. The largest absolute Gasteiger partial charge is 0.478 e. The Kier molecular flexibility index (Phi) is 5.71. The number of carbonyl (C=O) groups is 2. The minimum absolute atomic E-state index is 0.0837. The van der Waals surface area contributed by atoms with Gasteiger partial charge in [-0.05, 0) is 60.9 Å². The number of anilines is 1. The maximum atomic E-state index is 13.4. The maximum absolute atomic E-state index is 13.4. The standard InChI is InChI=1S/C26H22N2O4/c1-15-10-19(26(31)32)11-16(2)24(15)28-25(30)21-13-23(18-7-5-6-17(12-18)14-29)27-22-9-4-3-8-20(21)22/h3-13,29H,14H2,1-2H3,(H,28,30)(H,31,32). The van der Waals surface area contributed by atoms with Crippen LogP contribution in [-0.4, -0.2) is 27.1 Å². The van der Waals surface area contributed by atoms with Gasteiger partial charge in [0.25, 0.3) is 5.91 Å². The van der Waals surface area contributed by atoms with E-state index in [9.17, 15) is 19.8 Å². The molecule has 0 spiro atoms. The molecule has 32 heavy (non-hydrogen) atoms. The third-order valence-electron chi connectivity index (χ3n) is 5.38. The zero-order valence-corrected chi connectivity index (χ0v) is 17.7. The summed E-state index contributed by atoms with van der Waals surface area (Å²) in [5.41, 5.74) is 5.43. The second-order valence-corrected chi connectivity index (χ2v) is 7.68. The van der Waals surface area contributed by atoms with Crippen LogP contribution in [0, 0.1) is 13.8 Å². The number of carboxylic acids is 1. The molecule has 4 rings (SSSR count). The lowest BCUT2D eigenvalue weighted by atomic mass is 10.0. The molecule has 6 heteroatoms.